The third-order valence-electron chi connectivity index (χ3n) is 4.82. The lowest BCUT2D eigenvalue weighted by molar-refractivity contribution is -0.145. The van der Waals surface area contributed by atoms with Gasteiger partial charge >= 0.3 is 5.97 Å². The van der Waals surface area contributed by atoms with Gasteiger partial charge in [0.2, 0.25) is 6.10 Å². The fourth-order valence-corrected chi connectivity index (χ4v) is 2.86. The van der Waals surface area contributed by atoms with Gasteiger partial charge in [0.1, 0.15) is 30.5 Å². The van der Waals surface area contributed by atoms with Crippen LogP contribution in [-0.2, 0) is 9.59 Å². The number of carbonyl (C=O) groups excluding carboxylic acids is 1. The van der Waals surface area contributed by atoms with E-state index < -0.39 is 36.3 Å². The molecule has 2 rings (SSSR count). The summed E-state index contributed by atoms with van der Waals surface area (Å²) in [6.45, 7) is 1.45. The molecule has 172 valence electrons. The largest absolute Gasteiger partial charge is 0.491 e. The van der Waals surface area contributed by atoms with Crippen LogP contribution in [0.15, 0.2) is 66.7 Å². The molecule has 0 aliphatic heterocycles. The predicted octanol–water partition coefficient (Wildman–Crippen LogP) is 2.13. The Morgan fingerprint density at radius 2 is 1.69 bits per heavy atom. The second kappa shape index (κ2) is 12.6. The van der Waals surface area contributed by atoms with E-state index >= 15 is 0 Å². The first kappa shape index (κ1) is 25.1. The van der Waals surface area contributed by atoms with Crippen molar-refractivity contribution in [3.05, 3.63) is 72.3 Å². The molecule has 0 amide bonds. The Morgan fingerprint density at radius 1 is 1.00 bits per heavy atom. The summed E-state index contributed by atoms with van der Waals surface area (Å²) in [6.07, 6.45) is -1.17. The Morgan fingerprint density at radius 3 is 2.34 bits per heavy atom. The van der Waals surface area contributed by atoms with Crippen molar-refractivity contribution in [2.24, 2.45) is 5.92 Å². The van der Waals surface area contributed by atoms with Crippen LogP contribution in [0.3, 0.4) is 0 Å². The van der Waals surface area contributed by atoms with E-state index in [1.165, 1.54) is 18.2 Å². The topological polar surface area (TPSA) is 134 Å². The summed E-state index contributed by atoms with van der Waals surface area (Å²) >= 11 is 0. The highest BCUT2D eigenvalue weighted by atomic mass is 16.5. The summed E-state index contributed by atoms with van der Waals surface area (Å²) in [5.41, 5.74) is 0.372. The minimum Gasteiger partial charge on any atom is -0.491 e. The van der Waals surface area contributed by atoms with Crippen LogP contribution in [0.5, 0.6) is 11.5 Å². The Kier molecular flexibility index (Phi) is 9.87. The third-order valence-corrected chi connectivity index (χ3v) is 4.82. The van der Waals surface area contributed by atoms with Gasteiger partial charge in [-0.25, -0.2) is 4.79 Å². The van der Waals surface area contributed by atoms with Crippen molar-refractivity contribution in [2.45, 2.75) is 37.8 Å². The van der Waals surface area contributed by atoms with Crippen LogP contribution in [0, 0.1) is 5.92 Å². The van der Waals surface area contributed by atoms with Crippen molar-refractivity contribution in [3.63, 3.8) is 0 Å². The zero-order valence-corrected chi connectivity index (χ0v) is 17.7. The molecule has 0 saturated heterocycles. The van der Waals surface area contributed by atoms with Crippen LogP contribution in [0.25, 0.3) is 0 Å². The molecule has 8 heteroatoms. The molecular formula is C24H28O8. The highest BCUT2D eigenvalue weighted by molar-refractivity contribution is 5.75. The molecule has 2 aromatic rings. The lowest BCUT2D eigenvalue weighted by atomic mass is 9.95. The first-order chi connectivity index (χ1) is 15.3. The maximum absolute atomic E-state index is 11.7. The van der Waals surface area contributed by atoms with Crippen LogP contribution >= 0.6 is 0 Å². The fraction of sp³-hybridized carbons (Fsp3) is 0.333. The first-order valence-corrected chi connectivity index (χ1v) is 10.1. The molecule has 1 unspecified atom stereocenters. The minimum absolute atomic E-state index is 0.0839. The Balaban J connectivity index is 1.96. The van der Waals surface area contributed by atoms with E-state index in [1.54, 1.807) is 55.5 Å². The molecule has 0 radical (unpaired) electrons. The molecule has 0 aromatic heterocycles. The van der Waals surface area contributed by atoms with Crippen LogP contribution in [-0.4, -0.2) is 57.6 Å². The number of carbonyl (C=O) groups is 2. The van der Waals surface area contributed by atoms with E-state index in [4.69, 9.17) is 9.47 Å². The van der Waals surface area contributed by atoms with Gasteiger partial charge in [0.25, 0.3) is 0 Å². The number of hydrogen-bond donors (Lipinski definition) is 4. The zero-order chi connectivity index (χ0) is 23.5. The number of hydrogen-bond acceptors (Lipinski definition) is 7. The highest BCUT2D eigenvalue weighted by Crippen LogP contribution is 2.25. The molecule has 0 fully saturated rings. The zero-order valence-electron chi connectivity index (χ0n) is 17.7. The molecule has 4 N–H and O–H groups in total. The Labute approximate surface area is 186 Å². The number of carboxylic acids is 1. The number of aliphatic carboxylic acids is 1. The summed E-state index contributed by atoms with van der Waals surface area (Å²) < 4.78 is 11.1. The van der Waals surface area contributed by atoms with Gasteiger partial charge in [-0.3, -0.25) is 0 Å². The third kappa shape index (κ3) is 7.81. The van der Waals surface area contributed by atoms with Crippen LogP contribution < -0.4 is 9.47 Å². The predicted molar refractivity (Wildman–Crippen MR) is 116 cm³/mol. The summed E-state index contributed by atoms with van der Waals surface area (Å²) in [6, 6.07) is 15.0. The van der Waals surface area contributed by atoms with Crippen molar-refractivity contribution in [3.8, 4) is 11.5 Å². The van der Waals surface area contributed by atoms with E-state index in [1.807, 2.05) is 0 Å². The number of aldehydes is 1. The van der Waals surface area contributed by atoms with Crippen LogP contribution in [0.4, 0.5) is 0 Å². The van der Waals surface area contributed by atoms with E-state index in [0.29, 0.717) is 23.3 Å². The van der Waals surface area contributed by atoms with E-state index in [9.17, 15) is 30.0 Å². The second-order valence-electron chi connectivity index (χ2n) is 7.30. The minimum atomic E-state index is -1.24. The lowest BCUT2D eigenvalue weighted by Crippen LogP contribution is -2.28. The van der Waals surface area contributed by atoms with Gasteiger partial charge in [0.15, 0.2) is 0 Å². The maximum atomic E-state index is 11.7. The monoisotopic (exact) mass is 444 g/mol. The average Bonchev–Trinajstić information content (AvgIpc) is 2.80. The number of carboxylic acid groups (broad SMARTS) is 1. The summed E-state index contributed by atoms with van der Waals surface area (Å²) in [5.74, 6) is -0.987. The first-order valence-electron chi connectivity index (χ1n) is 10.1. The maximum Gasteiger partial charge on any atom is 0.349 e. The number of aliphatic hydroxyl groups excluding tert-OH is 3. The van der Waals surface area contributed by atoms with Gasteiger partial charge in [-0.15, -0.1) is 0 Å². The quantitative estimate of drug-likeness (QED) is 0.273. The molecule has 5 atom stereocenters. The van der Waals surface area contributed by atoms with Gasteiger partial charge in [-0.05, 0) is 24.3 Å². The smallest absolute Gasteiger partial charge is 0.349 e. The number of ether oxygens (including phenoxy) is 2. The molecular weight excluding hydrogens is 416 g/mol. The van der Waals surface area contributed by atoms with Gasteiger partial charge in [0.05, 0.1) is 12.2 Å². The van der Waals surface area contributed by atoms with Crippen molar-refractivity contribution in [1.29, 1.82) is 0 Å². The van der Waals surface area contributed by atoms with E-state index in [2.05, 4.69) is 0 Å². The van der Waals surface area contributed by atoms with Crippen LogP contribution in [0.1, 0.15) is 25.0 Å². The summed E-state index contributed by atoms with van der Waals surface area (Å²) in [5, 5.41) is 39.4. The van der Waals surface area contributed by atoms with Gasteiger partial charge in [-0.1, -0.05) is 49.4 Å². The average molecular weight is 444 g/mol. The number of benzene rings is 2. The van der Waals surface area contributed by atoms with Crippen LogP contribution in [0.2, 0.25) is 0 Å². The normalized spacial score (nSPS) is 16.0. The summed E-state index contributed by atoms with van der Waals surface area (Å²) in [4.78, 5) is 22.2. The lowest BCUT2D eigenvalue weighted by Gasteiger charge is -2.20. The Hall–Kier alpha value is -3.20. The van der Waals surface area contributed by atoms with Crippen molar-refractivity contribution in [2.75, 3.05) is 6.61 Å². The Bertz CT molecular complexity index is 883. The standard InChI is InChI=1S/C24H28O8/c1-16(22(28)12-13-25)21(27)11-10-18(26)15-31-20-9-5-6-17(14-20)23(24(29)30)32-19-7-3-2-4-8-19/h2-11,13-14,16,18,21-23,26-28H,12,15H2,1H3,(H,29,30)/b11-10+/t16-,18-,21-,22+,23?/m1/s1. The van der Waals surface area contributed by atoms with Crippen molar-refractivity contribution in [1.82, 2.24) is 0 Å². The number of rotatable bonds is 13. The molecule has 2 aromatic carbocycles. The molecule has 0 heterocycles. The molecule has 8 nitrogen and oxygen atoms in total. The van der Waals surface area contributed by atoms with Gasteiger partial charge in [0, 0.05) is 17.9 Å². The summed E-state index contributed by atoms with van der Waals surface area (Å²) in [7, 11) is 0. The molecule has 0 aliphatic rings. The van der Waals surface area contributed by atoms with Crippen molar-refractivity contribution < 1.29 is 39.5 Å². The second-order valence-corrected chi connectivity index (χ2v) is 7.30. The van der Waals surface area contributed by atoms with Gasteiger partial charge < -0.3 is 34.7 Å². The van der Waals surface area contributed by atoms with Crippen molar-refractivity contribution >= 4 is 12.3 Å². The molecule has 0 aliphatic carbocycles. The van der Waals surface area contributed by atoms with E-state index in [-0.39, 0.29) is 13.0 Å². The molecule has 0 bridgehead atoms. The molecule has 32 heavy (non-hydrogen) atoms. The molecule has 0 saturated carbocycles. The molecule has 0 spiro atoms. The fourth-order valence-electron chi connectivity index (χ4n) is 2.86. The highest BCUT2D eigenvalue weighted by Gasteiger charge is 2.23. The number of aliphatic hydroxyl groups is 3. The van der Waals surface area contributed by atoms with Gasteiger partial charge in [-0.2, -0.15) is 0 Å². The SMILES string of the molecule is C[C@H]([C@H](O)/C=C/[C@@H](O)COc1cccc(C(Oc2ccccc2)C(=O)O)c1)[C@@H](O)CC=O. The number of para-hydroxylation sites is 1. The van der Waals surface area contributed by atoms with E-state index in [0.717, 1.165) is 0 Å².